The number of sulfonamides is 1. The Morgan fingerprint density at radius 2 is 1.84 bits per heavy atom. The number of nitrogens with zero attached hydrogens (tertiary/aromatic N) is 3. The van der Waals surface area contributed by atoms with Crippen molar-refractivity contribution in [2.75, 3.05) is 10.5 Å². The van der Waals surface area contributed by atoms with E-state index >= 15 is 0 Å². The summed E-state index contributed by atoms with van der Waals surface area (Å²) in [5.74, 6) is -0.250. The van der Waals surface area contributed by atoms with Crippen molar-refractivity contribution in [1.29, 1.82) is 0 Å². The molecule has 8 nitrogen and oxygen atoms in total. The number of nitrogen functional groups attached to an aromatic ring is 1. The molecule has 0 amide bonds. The van der Waals surface area contributed by atoms with E-state index in [9.17, 15) is 13.2 Å². The van der Waals surface area contributed by atoms with Gasteiger partial charge in [-0.1, -0.05) is 11.3 Å². The lowest BCUT2D eigenvalue weighted by molar-refractivity contribution is 0.104. The van der Waals surface area contributed by atoms with Gasteiger partial charge in [0, 0.05) is 16.6 Å². The molecule has 4 aromatic rings. The van der Waals surface area contributed by atoms with Crippen LogP contribution in [-0.2, 0) is 22.9 Å². The van der Waals surface area contributed by atoms with Gasteiger partial charge in [0.2, 0.25) is 10.9 Å². The standard InChI is InChI=1S/C21H19N5O3S3/c1-11-24-25-21(30-11)26-32(28,29)14-8-6-12(7-9-14)18(27)19-17(22)15-10-13-4-2-3-5-16(13)23-20(15)31-19/h6-10H,2-5,22H2,1H3,(H,25,26). The van der Waals surface area contributed by atoms with E-state index in [1.165, 1.54) is 41.2 Å². The number of nitrogens with two attached hydrogens (primary N) is 1. The van der Waals surface area contributed by atoms with E-state index in [4.69, 9.17) is 10.7 Å². The van der Waals surface area contributed by atoms with Crippen LogP contribution in [0.2, 0.25) is 0 Å². The molecule has 0 aliphatic heterocycles. The fourth-order valence-electron chi connectivity index (χ4n) is 3.76. The number of rotatable bonds is 5. The Morgan fingerprint density at radius 1 is 1.09 bits per heavy atom. The fraction of sp³-hybridized carbons (Fsp3) is 0.238. The van der Waals surface area contributed by atoms with Crippen LogP contribution in [0, 0.1) is 6.92 Å². The number of benzene rings is 1. The number of pyridine rings is 1. The molecule has 0 bridgehead atoms. The largest absolute Gasteiger partial charge is 0.397 e. The molecule has 0 spiro atoms. The molecule has 11 heteroatoms. The molecule has 3 N–H and O–H groups in total. The Balaban J connectivity index is 1.43. The Labute approximate surface area is 192 Å². The molecule has 3 aromatic heterocycles. The van der Waals surface area contributed by atoms with Crippen LogP contribution in [0.5, 0.6) is 0 Å². The lowest BCUT2D eigenvalue weighted by Gasteiger charge is -2.14. The molecule has 0 radical (unpaired) electrons. The first-order valence-corrected chi connectivity index (χ1v) is 13.1. The summed E-state index contributed by atoms with van der Waals surface area (Å²) in [7, 11) is -3.83. The Kier molecular flexibility index (Phi) is 5.19. The Bertz CT molecular complexity index is 1460. The van der Waals surface area contributed by atoms with E-state index < -0.39 is 10.0 Å². The van der Waals surface area contributed by atoms with Crippen molar-refractivity contribution in [1.82, 2.24) is 15.2 Å². The van der Waals surface area contributed by atoms with E-state index in [1.807, 2.05) is 0 Å². The lowest BCUT2D eigenvalue weighted by atomic mass is 9.95. The molecule has 32 heavy (non-hydrogen) atoms. The third-order valence-electron chi connectivity index (χ3n) is 5.38. The number of ketones is 1. The van der Waals surface area contributed by atoms with Crippen molar-refractivity contribution in [3.8, 4) is 0 Å². The smallest absolute Gasteiger partial charge is 0.263 e. The summed E-state index contributed by atoms with van der Waals surface area (Å²) in [5, 5.41) is 9.23. The van der Waals surface area contributed by atoms with Crippen LogP contribution in [0.3, 0.4) is 0 Å². The van der Waals surface area contributed by atoms with Crippen LogP contribution in [0.4, 0.5) is 10.8 Å². The van der Waals surface area contributed by atoms with Gasteiger partial charge < -0.3 is 5.73 Å². The van der Waals surface area contributed by atoms with Gasteiger partial charge in [-0.05, 0) is 68.5 Å². The van der Waals surface area contributed by atoms with Crippen LogP contribution >= 0.6 is 22.7 Å². The first-order valence-electron chi connectivity index (χ1n) is 10.0. The molecular weight excluding hydrogens is 466 g/mol. The first kappa shape index (κ1) is 21.0. The number of aryl methyl sites for hydroxylation is 3. The van der Waals surface area contributed by atoms with Crippen molar-refractivity contribution in [2.24, 2.45) is 0 Å². The van der Waals surface area contributed by atoms with Crippen molar-refractivity contribution >= 4 is 59.5 Å². The minimum atomic E-state index is -3.83. The monoisotopic (exact) mass is 485 g/mol. The summed E-state index contributed by atoms with van der Waals surface area (Å²) >= 11 is 2.43. The van der Waals surface area contributed by atoms with Gasteiger partial charge >= 0.3 is 0 Å². The van der Waals surface area contributed by atoms with Gasteiger partial charge in [-0.15, -0.1) is 21.5 Å². The van der Waals surface area contributed by atoms with Crippen LogP contribution in [-0.4, -0.2) is 29.4 Å². The molecular formula is C21H19N5O3S3. The van der Waals surface area contributed by atoms with Gasteiger partial charge in [0.25, 0.3) is 10.0 Å². The number of nitrogens with one attached hydrogen (secondary N) is 1. The summed E-state index contributed by atoms with van der Waals surface area (Å²) in [5.41, 5.74) is 9.42. The van der Waals surface area contributed by atoms with Crippen LogP contribution < -0.4 is 10.5 Å². The third-order valence-corrected chi connectivity index (χ3v) is 8.73. The molecule has 1 aromatic carbocycles. The van der Waals surface area contributed by atoms with Crippen LogP contribution in [0.1, 0.15) is 44.3 Å². The number of hydrogen-bond donors (Lipinski definition) is 2. The SMILES string of the molecule is Cc1nnc(NS(=O)(=O)c2ccc(C(=O)c3sc4nc5c(cc4c3N)CCCC5)cc2)s1. The summed E-state index contributed by atoms with van der Waals surface area (Å²) in [6.45, 7) is 1.74. The van der Waals surface area contributed by atoms with Crippen LogP contribution in [0.15, 0.2) is 35.2 Å². The quantitative estimate of drug-likeness (QED) is 0.410. The van der Waals surface area contributed by atoms with E-state index in [-0.39, 0.29) is 15.8 Å². The highest BCUT2D eigenvalue weighted by Crippen LogP contribution is 2.36. The predicted molar refractivity (Wildman–Crippen MR) is 126 cm³/mol. The highest BCUT2D eigenvalue weighted by atomic mass is 32.2. The number of thiophene rings is 1. The van der Waals surface area contributed by atoms with E-state index in [0.29, 0.717) is 21.1 Å². The molecule has 0 atom stereocenters. The van der Waals surface area contributed by atoms with Crippen molar-refractivity contribution in [3.05, 3.63) is 57.0 Å². The Morgan fingerprint density at radius 3 is 2.56 bits per heavy atom. The van der Waals surface area contributed by atoms with E-state index in [1.54, 1.807) is 6.92 Å². The summed E-state index contributed by atoms with van der Waals surface area (Å²) < 4.78 is 27.5. The number of hydrogen-bond acceptors (Lipinski definition) is 9. The zero-order valence-corrected chi connectivity index (χ0v) is 19.5. The maximum Gasteiger partial charge on any atom is 0.263 e. The minimum absolute atomic E-state index is 0.0283. The van der Waals surface area contributed by atoms with Crippen LogP contribution in [0.25, 0.3) is 10.2 Å². The van der Waals surface area contributed by atoms with Gasteiger partial charge in [0.1, 0.15) is 14.7 Å². The third kappa shape index (κ3) is 3.76. The second-order valence-electron chi connectivity index (χ2n) is 7.58. The second kappa shape index (κ2) is 7.91. The number of carbonyl (C=O) groups excluding carboxylic acids is 1. The predicted octanol–water partition coefficient (Wildman–Crippen LogP) is 3.95. The highest BCUT2D eigenvalue weighted by Gasteiger charge is 2.22. The number of anilines is 2. The van der Waals surface area contributed by atoms with E-state index in [2.05, 4.69) is 21.0 Å². The van der Waals surface area contributed by atoms with Crippen molar-refractivity contribution < 1.29 is 13.2 Å². The van der Waals surface area contributed by atoms with E-state index in [0.717, 1.165) is 52.9 Å². The fourth-order valence-corrected chi connectivity index (χ4v) is 6.64. The topological polar surface area (TPSA) is 128 Å². The van der Waals surface area contributed by atoms with Crippen molar-refractivity contribution in [3.63, 3.8) is 0 Å². The van der Waals surface area contributed by atoms with Gasteiger partial charge in [-0.25, -0.2) is 13.4 Å². The molecule has 1 aliphatic carbocycles. The number of carbonyl (C=O) groups is 1. The van der Waals surface area contributed by atoms with Gasteiger partial charge in [-0.3, -0.25) is 9.52 Å². The molecule has 164 valence electrons. The van der Waals surface area contributed by atoms with Gasteiger partial charge in [0.05, 0.1) is 10.6 Å². The minimum Gasteiger partial charge on any atom is -0.397 e. The molecule has 0 fully saturated rings. The molecule has 3 heterocycles. The summed E-state index contributed by atoms with van der Waals surface area (Å²) in [6.07, 6.45) is 4.20. The Hall–Kier alpha value is -2.89. The first-order chi connectivity index (χ1) is 15.3. The lowest BCUT2D eigenvalue weighted by Crippen LogP contribution is -2.13. The molecule has 0 saturated carbocycles. The molecule has 0 unspecified atom stereocenters. The molecule has 0 saturated heterocycles. The maximum absolute atomic E-state index is 13.1. The second-order valence-corrected chi connectivity index (χ2v) is 11.4. The zero-order chi connectivity index (χ0) is 22.5. The maximum atomic E-state index is 13.1. The van der Waals surface area contributed by atoms with Gasteiger partial charge in [-0.2, -0.15) is 0 Å². The van der Waals surface area contributed by atoms with Gasteiger partial charge in [0.15, 0.2) is 0 Å². The average molecular weight is 486 g/mol. The normalized spacial score (nSPS) is 13.8. The van der Waals surface area contributed by atoms with Crippen molar-refractivity contribution in [2.45, 2.75) is 37.5 Å². The average Bonchev–Trinajstić information content (AvgIpc) is 3.33. The zero-order valence-electron chi connectivity index (χ0n) is 17.1. The molecule has 5 rings (SSSR count). The number of aromatic nitrogens is 3. The summed E-state index contributed by atoms with van der Waals surface area (Å²) in [6, 6.07) is 7.83. The number of fused-ring (bicyclic) bond motifs is 2. The molecule has 1 aliphatic rings. The highest BCUT2D eigenvalue weighted by molar-refractivity contribution is 7.93. The summed E-state index contributed by atoms with van der Waals surface area (Å²) in [4.78, 5) is 19.1.